The number of halogens is 1. The number of aromatic hydroxyl groups is 1. The Balaban J connectivity index is 1.64. The van der Waals surface area contributed by atoms with Crippen LogP contribution < -0.4 is 4.90 Å². The van der Waals surface area contributed by atoms with E-state index in [-0.39, 0.29) is 18.2 Å². The Hall–Kier alpha value is -1.86. The number of aromatic nitrogens is 2. The highest BCUT2D eigenvalue weighted by atomic mass is 32.2. The van der Waals surface area contributed by atoms with E-state index < -0.39 is 0 Å². The van der Waals surface area contributed by atoms with E-state index >= 15 is 0 Å². The van der Waals surface area contributed by atoms with Gasteiger partial charge in [0.1, 0.15) is 22.4 Å². The second-order valence-corrected chi connectivity index (χ2v) is 7.28. The largest absolute Gasteiger partial charge is 0.504 e. The van der Waals surface area contributed by atoms with Crippen LogP contribution in [0.1, 0.15) is 24.4 Å². The number of methoxy groups -OCH3 is 1. The average Bonchev–Trinajstić information content (AvgIpc) is 2.66. The van der Waals surface area contributed by atoms with Crippen LogP contribution in [-0.2, 0) is 17.8 Å². The fraction of sp³-hybridized carbons (Fsp3) is 0.474. The van der Waals surface area contributed by atoms with Crippen molar-refractivity contribution < 1.29 is 14.2 Å². The number of rotatable bonds is 6. The molecule has 0 spiro atoms. The molecule has 2 aromatic rings. The summed E-state index contributed by atoms with van der Waals surface area (Å²) in [7, 11) is 1.59. The van der Waals surface area contributed by atoms with E-state index in [2.05, 4.69) is 14.9 Å². The van der Waals surface area contributed by atoms with Gasteiger partial charge in [-0.15, -0.1) is 11.8 Å². The molecular formula is C19H24FN3O2S. The van der Waals surface area contributed by atoms with Crippen molar-refractivity contribution in [3.63, 3.8) is 0 Å². The first-order valence-corrected chi connectivity index (χ1v) is 9.95. The Kier molecular flexibility index (Phi) is 6.32. The zero-order valence-corrected chi connectivity index (χ0v) is 15.9. The lowest BCUT2D eigenvalue weighted by molar-refractivity contribution is 0.177. The van der Waals surface area contributed by atoms with Crippen molar-refractivity contribution in [2.24, 2.45) is 5.92 Å². The summed E-state index contributed by atoms with van der Waals surface area (Å²) in [5.41, 5.74) is 1.61. The van der Waals surface area contributed by atoms with Crippen LogP contribution in [0.3, 0.4) is 0 Å². The van der Waals surface area contributed by atoms with Crippen LogP contribution in [0.5, 0.6) is 5.75 Å². The highest BCUT2D eigenvalue weighted by molar-refractivity contribution is 7.98. The standard InChI is InChI=1S/C19H24FN3O2S/c1-25-12-16-18(24)19(26-2)22-17(21-16)11-13-7-9-23(10-8-13)15-5-3-14(20)4-6-15/h3-6,13,24H,7-12H2,1-2H3. The van der Waals surface area contributed by atoms with E-state index in [4.69, 9.17) is 4.74 Å². The fourth-order valence-electron chi connectivity index (χ4n) is 3.30. The summed E-state index contributed by atoms with van der Waals surface area (Å²) >= 11 is 1.41. The topological polar surface area (TPSA) is 58.5 Å². The number of hydrogen-bond acceptors (Lipinski definition) is 6. The molecule has 0 saturated carbocycles. The first kappa shape index (κ1) is 18.9. The minimum absolute atomic E-state index is 0.120. The number of anilines is 1. The van der Waals surface area contributed by atoms with Crippen molar-refractivity contribution in [2.45, 2.75) is 30.9 Å². The summed E-state index contributed by atoms with van der Waals surface area (Å²) < 4.78 is 18.2. The van der Waals surface area contributed by atoms with Crippen molar-refractivity contribution in [3.05, 3.63) is 41.6 Å². The minimum atomic E-state index is -0.204. The first-order chi connectivity index (χ1) is 12.6. The van der Waals surface area contributed by atoms with Crippen LogP contribution in [0.2, 0.25) is 0 Å². The van der Waals surface area contributed by atoms with Crippen molar-refractivity contribution in [1.29, 1.82) is 0 Å². The van der Waals surface area contributed by atoms with Crippen molar-refractivity contribution in [2.75, 3.05) is 31.4 Å². The van der Waals surface area contributed by atoms with Crippen molar-refractivity contribution in [3.8, 4) is 5.75 Å². The first-order valence-electron chi connectivity index (χ1n) is 8.73. The van der Waals surface area contributed by atoms with E-state index in [1.807, 2.05) is 18.4 Å². The molecule has 1 aliphatic heterocycles. The summed E-state index contributed by atoms with van der Waals surface area (Å²) in [4.78, 5) is 11.3. The summed E-state index contributed by atoms with van der Waals surface area (Å²) in [6, 6.07) is 6.68. The van der Waals surface area contributed by atoms with E-state index in [1.165, 1.54) is 23.9 Å². The Morgan fingerprint density at radius 2 is 1.92 bits per heavy atom. The molecule has 0 bridgehead atoms. The highest BCUT2D eigenvalue weighted by Crippen LogP contribution is 2.30. The molecular weight excluding hydrogens is 353 g/mol. The number of hydrogen-bond donors (Lipinski definition) is 1. The van der Waals surface area contributed by atoms with Gasteiger partial charge in [0, 0.05) is 32.3 Å². The maximum absolute atomic E-state index is 13.1. The van der Waals surface area contributed by atoms with E-state index in [0.29, 0.717) is 16.6 Å². The zero-order chi connectivity index (χ0) is 18.5. The monoisotopic (exact) mass is 377 g/mol. The fourth-order valence-corrected chi connectivity index (χ4v) is 3.81. The quantitative estimate of drug-likeness (QED) is 0.613. The molecule has 0 amide bonds. The maximum atomic E-state index is 13.1. The van der Waals surface area contributed by atoms with Gasteiger partial charge in [-0.1, -0.05) is 0 Å². The predicted octanol–water partition coefficient (Wildman–Crippen LogP) is 3.65. The van der Waals surface area contributed by atoms with Crippen LogP contribution in [0, 0.1) is 11.7 Å². The smallest absolute Gasteiger partial charge is 0.172 e. The Morgan fingerprint density at radius 3 is 2.54 bits per heavy atom. The molecule has 26 heavy (non-hydrogen) atoms. The van der Waals surface area contributed by atoms with Crippen LogP contribution >= 0.6 is 11.8 Å². The molecule has 1 N–H and O–H groups in total. The lowest BCUT2D eigenvalue weighted by Gasteiger charge is -2.33. The Labute approximate surface area is 157 Å². The SMILES string of the molecule is COCc1nc(CC2CCN(c3ccc(F)cc3)CC2)nc(SC)c1O. The molecule has 0 atom stereocenters. The second kappa shape index (κ2) is 8.68. The molecule has 0 radical (unpaired) electrons. The average molecular weight is 377 g/mol. The maximum Gasteiger partial charge on any atom is 0.172 e. The molecule has 0 unspecified atom stereocenters. The van der Waals surface area contributed by atoms with Crippen LogP contribution in [0.15, 0.2) is 29.3 Å². The molecule has 7 heteroatoms. The lowest BCUT2D eigenvalue weighted by atomic mass is 9.93. The van der Waals surface area contributed by atoms with Gasteiger partial charge in [0.25, 0.3) is 0 Å². The van der Waals surface area contributed by atoms with E-state index in [1.54, 1.807) is 7.11 Å². The van der Waals surface area contributed by atoms with Crippen LogP contribution in [0.25, 0.3) is 0 Å². The van der Waals surface area contributed by atoms with Gasteiger partial charge in [-0.05, 0) is 49.3 Å². The number of thioether (sulfide) groups is 1. The van der Waals surface area contributed by atoms with Gasteiger partial charge in [-0.3, -0.25) is 0 Å². The number of nitrogens with zero attached hydrogens (tertiary/aromatic N) is 3. The predicted molar refractivity (Wildman–Crippen MR) is 101 cm³/mol. The van der Waals surface area contributed by atoms with E-state index in [9.17, 15) is 9.50 Å². The van der Waals surface area contributed by atoms with Gasteiger partial charge >= 0.3 is 0 Å². The third-order valence-corrected chi connectivity index (χ3v) is 5.39. The molecule has 1 aromatic carbocycles. The summed E-state index contributed by atoms with van der Waals surface area (Å²) in [6.45, 7) is 2.15. The second-order valence-electron chi connectivity index (χ2n) is 6.49. The van der Waals surface area contributed by atoms with Gasteiger partial charge in [0.15, 0.2) is 5.75 Å². The summed E-state index contributed by atoms with van der Waals surface area (Å²) in [6.07, 6.45) is 4.76. The molecule has 1 aliphatic rings. The molecule has 0 aliphatic carbocycles. The molecule has 3 rings (SSSR count). The van der Waals surface area contributed by atoms with Gasteiger partial charge in [-0.2, -0.15) is 0 Å². The van der Waals surface area contributed by atoms with Crippen molar-refractivity contribution >= 4 is 17.4 Å². The third-order valence-electron chi connectivity index (χ3n) is 4.72. The molecule has 1 saturated heterocycles. The summed E-state index contributed by atoms with van der Waals surface area (Å²) in [5, 5.41) is 10.8. The Morgan fingerprint density at radius 1 is 1.23 bits per heavy atom. The normalized spacial score (nSPS) is 15.4. The lowest BCUT2D eigenvalue weighted by Crippen LogP contribution is -2.34. The number of piperidine rings is 1. The van der Waals surface area contributed by atoms with Crippen LogP contribution in [0.4, 0.5) is 10.1 Å². The van der Waals surface area contributed by atoms with E-state index in [0.717, 1.165) is 43.9 Å². The molecule has 1 aromatic heterocycles. The van der Waals surface area contributed by atoms with Crippen LogP contribution in [-0.4, -0.2) is 41.5 Å². The molecule has 1 fully saturated rings. The zero-order valence-electron chi connectivity index (χ0n) is 15.1. The third kappa shape index (κ3) is 4.45. The van der Waals surface area contributed by atoms with Gasteiger partial charge in [0.2, 0.25) is 0 Å². The highest BCUT2D eigenvalue weighted by Gasteiger charge is 2.22. The summed E-state index contributed by atoms with van der Waals surface area (Å²) in [5.74, 6) is 1.18. The number of ether oxygens (including phenoxy) is 1. The van der Waals surface area contributed by atoms with Gasteiger partial charge in [-0.25, -0.2) is 14.4 Å². The Bertz CT molecular complexity index is 734. The molecule has 5 nitrogen and oxygen atoms in total. The van der Waals surface area contributed by atoms with Crippen molar-refractivity contribution in [1.82, 2.24) is 9.97 Å². The van der Waals surface area contributed by atoms with Gasteiger partial charge in [0.05, 0.1) is 6.61 Å². The minimum Gasteiger partial charge on any atom is -0.504 e. The number of benzene rings is 1. The molecule has 140 valence electrons. The molecule has 2 heterocycles. The van der Waals surface area contributed by atoms with Gasteiger partial charge < -0.3 is 14.7 Å².